The zero-order chi connectivity index (χ0) is 14.4. The molecule has 6 heteroatoms. The lowest BCUT2D eigenvalue weighted by Crippen LogP contribution is -2.43. The molecule has 2 amide bonds. The van der Waals surface area contributed by atoms with Crippen LogP contribution in [0.4, 0.5) is 0 Å². The Balaban J connectivity index is 0.00000361. The van der Waals surface area contributed by atoms with Gasteiger partial charge in [-0.3, -0.25) is 9.59 Å². The molecule has 1 unspecified atom stereocenters. The number of benzene rings is 1. The maximum atomic E-state index is 11.9. The SMILES string of the molecule is CCc1ccc(CN(C)C(=O)C(N)CC(N)=O)cc1.Cl. The summed E-state index contributed by atoms with van der Waals surface area (Å²) in [5.41, 5.74) is 12.9. The number of hydrogen-bond acceptors (Lipinski definition) is 3. The van der Waals surface area contributed by atoms with E-state index >= 15 is 0 Å². The van der Waals surface area contributed by atoms with Crippen molar-refractivity contribution in [3.63, 3.8) is 0 Å². The van der Waals surface area contributed by atoms with Crippen LogP contribution in [0.25, 0.3) is 0 Å². The van der Waals surface area contributed by atoms with Gasteiger partial charge in [0.25, 0.3) is 0 Å². The van der Waals surface area contributed by atoms with Crippen LogP contribution in [0.2, 0.25) is 0 Å². The third-order valence-electron chi connectivity index (χ3n) is 2.97. The summed E-state index contributed by atoms with van der Waals surface area (Å²) in [7, 11) is 1.66. The van der Waals surface area contributed by atoms with Crippen molar-refractivity contribution >= 4 is 24.2 Å². The van der Waals surface area contributed by atoms with E-state index in [4.69, 9.17) is 11.5 Å². The lowest BCUT2D eigenvalue weighted by molar-refractivity contribution is -0.133. The summed E-state index contributed by atoms with van der Waals surface area (Å²) in [5.74, 6) is -0.847. The number of carbonyl (C=O) groups is 2. The molecular formula is C14H22ClN3O2. The summed E-state index contributed by atoms with van der Waals surface area (Å²) in [4.78, 5) is 24.1. The van der Waals surface area contributed by atoms with E-state index in [0.717, 1.165) is 12.0 Å². The lowest BCUT2D eigenvalue weighted by atomic mass is 10.1. The predicted octanol–water partition coefficient (Wildman–Crippen LogP) is 0.832. The zero-order valence-electron chi connectivity index (χ0n) is 11.8. The van der Waals surface area contributed by atoms with E-state index in [2.05, 4.69) is 6.92 Å². The first-order valence-corrected chi connectivity index (χ1v) is 6.30. The summed E-state index contributed by atoms with van der Waals surface area (Å²) in [6.07, 6.45) is 0.858. The minimum Gasteiger partial charge on any atom is -0.370 e. The molecule has 0 aromatic heterocycles. The molecule has 1 atom stereocenters. The third-order valence-corrected chi connectivity index (χ3v) is 2.97. The molecule has 4 N–H and O–H groups in total. The Morgan fingerprint density at radius 3 is 2.15 bits per heavy atom. The highest BCUT2D eigenvalue weighted by molar-refractivity contribution is 5.87. The van der Waals surface area contributed by atoms with Crippen LogP contribution in [0, 0.1) is 0 Å². The Morgan fingerprint density at radius 1 is 1.20 bits per heavy atom. The fourth-order valence-corrected chi connectivity index (χ4v) is 1.82. The van der Waals surface area contributed by atoms with Crippen LogP contribution in [-0.2, 0) is 22.6 Å². The number of aryl methyl sites for hydroxylation is 1. The van der Waals surface area contributed by atoms with Gasteiger partial charge in [0, 0.05) is 13.6 Å². The predicted molar refractivity (Wildman–Crippen MR) is 81.3 cm³/mol. The average Bonchev–Trinajstić information content (AvgIpc) is 2.37. The molecule has 1 aromatic rings. The Bertz CT molecular complexity index is 448. The molecule has 20 heavy (non-hydrogen) atoms. The number of primary amides is 1. The number of nitrogens with zero attached hydrogens (tertiary/aromatic N) is 1. The van der Waals surface area contributed by atoms with Crippen molar-refractivity contribution in [3.8, 4) is 0 Å². The van der Waals surface area contributed by atoms with Crippen molar-refractivity contribution in [2.75, 3.05) is 7.05 Å². The summed E-state index contributed by atoms with van der Waals surface area (Å²) in [5, 5.41) is 0. The van der Waals surface area contributed by atoms with E-state index in [1.807, 2.05) is 24.3 Å². The maximum absolute atomic E-state index is 11.9. The molecule has 0 saturated carbocycles. The highest BCUT2D eigenvalue weighted by Crippen LogP contribution is 2.08. The van der Waals surface area contributed by atoms with Gasteiger partial charge in [-0.15, -0.1) is 12.4 Å². The molecule has 0 aliphatic carbocycles. The third kappa shape index (κ3) is 5.59. The molecule has 0 radical (unpaired) electrons. The summed E-state index contributed by atoms with van der Waals surface area (Å²) in [6.45, 7) is 2.56. The number of amides is 2. The summed E-state index contributed by atoms with van der Waals surface area (Å²) in [6, 6.07) is 7.19. The molecule has 0 fully saturated rings. The van der Waals surface area contributed by atoms with Crippen molar-refractivity contribution < 1.29 is 9.59 Å². The highest BCUT2D eigenvalue weighted by atomic mass is 35.5. The van der Waals surface area contributed by atoms with Gasteiger partial charge in [0.2, 0.25) is 11.8 Å². The first kappa shape index (κ1) is 18.4. The molecular weight excluding hydrogens is 278 g/mol. The van der Waals surface area contributed by atoms with Gasteiger partial charge < -0.3 is 16.4 Å². The van der Waals surface area contributed by atoms with E-state index in [0.29, 0.717) is 6.54 Å². The van der Waals surface area contributed by atoms with Crippen LogP contribution in [0.15, 0.2) is 24.3 Å². The molecule has 5 nitrogen and oxygen atoms in total. The Hall–Kier alpha value is -1.59. The van der Waals surface area contributed by atoms with Gasteiger partial charge in [-0.1, -0.05) is 31.2 Å². The number of nitrogens with two attached hydrogens (primary N) is 2. The molecule has 0 saturated heterocycles. The average molecular weight is 300 g/mol. The van der Waals surface area contributed by atoms with Crippen molar-refractivity contribution in [1.82, 2.24) is 4.90 Å². The lowest BCUT2D eigenvalue weighted by Gasteiger charge is -2.20. The van der Waals surface area contributed by atoms with E-state index < -0.39 is 11.9 Å². The molecule has 0 aliphatic rings. The highest BCUT2D eigenvalue weighted by Gasteiger charge is 2.19. The van der Waals surface area contributed by atoms with Gasteiger partial charge in [0.15, 0.2) is 0 Å². The second kappa shape index (κ2) is 8.55. The summed E-state index contributed by atoms with van der Waals surface area (Å²) < 4.78 is 0. The van der Waals surface area contributed by atoms with Gasteiger partial charge in [-0.05, 0) is 17.5 Å². The quantitative estimate of drug-likeness (QED) is 0.815. The number of rotatable bonds is 6. The van der Waals surface area contributed by atoms with E-state index in [9.17, 15) is 9.59 Å². The number of carbonyl (C=O) groups excluding carboxylic acids is 2. The normalized spacial score (nSPS) is 11.3. The largest absolute Gasteiger partial charge is 0.370 e. The van der Waals surface area contributed by atoms with Gasteiger partial charge in [-0.25, -0.2) is 0 Å². The summed E-state index contributed by atoms with van der Waals surface area (Å²) >= 11 is 0. The van der Waals surface area contributed by atoms with E-state index in [1.54, 1.807) is 7.05 Å². The molecule has 0 heterocycles. The van der Waals surface area contributed by atoms with Crippen molar-refractivity contribution in [3.05, 3.63) is 35.4 Å². The van der Waals surface area contributed by atoms with E-state index in [1.165, 1.54) is 10.5 Å². The monoisotopic (exact) mass is 299 g/mol. The molecule has 1 rings (SSSR count). The van der Waals surface area contributed by atoms with Crippen LogP contribution in [0.5, 0.6) is 0 Å². The minimum absolute atomic E-state index is 0. The molecule has 0 aliphatic heterocycles. The molecule has 0 bridgehead atoms. The van der Waals surface area contributed by atoms with E-state index in [-0.39, 0.29) is 24.7 Å². The number of hydrogen-bond donors (Lipinski definition) is 2. The van der Waals surface area contributed by atoms with Gasteiger partial charge in [0.05, 0.1) is 12.5 Å². The van der Waals surface area contributed by atoms with Gasteiger partial charge in [0.1, 0.15) is 0 Å². The smallest absolute Gasteiger partial charge is 0.240 e. The number of halogens is 1. The Labute approximate surface area is 125 Å². The van der Waals surface area contributed by atoms with Gasteiger partial charge >= 0.3 is 0 Å². The van der Waals surface area contributed by atoms with Crippen LogP contribution in [-0.4, -0.2) is 29.8 Å². The van der Waals surface area contributed by atoms with Crippen LogP contribution in [0.1, 0.15) is 24.5 Å². The molecule has 0 spiro atoms. The van der Waals surface area contributed by atoms with Crippen LogP contribution < -0.4 is 11.5 Å². The minimum atomic E-state index is -0.864. The van der Waals surface area contributed by atoms with Crippen LogP contribution in [0.3, 0.4) is 0 Å². The van der Waals surface area contributed by atoms with Crippen molar-refractivity contribution in [2.24, 2.45) is 11.5 Å². The second-order valence-corrected chi connectivity index (χ2v) is 4.64. The zero-order valence-corrected chi connectivity index (χ0v) is 12.7. The fraction of sp³-hybridized carbons (Fsp3) is 0.429. The molecule has 112 valence electrons. The topological polar surface area (TPSA) is 89.4 Å². The fourth-order valence-electron chi connectivity index (χ4n) is 1.82. The molecule has 1 aromatic carbocycles. The number of likely N-dealkylation sites (N-methyl/N-ethyl adjacent to an activating group) is 1. The Morgan fingerprint density at radius 2 is 1.70 bits per heavy atom. The van der Waals surface area contributed by atoms with Crippen LogP contribution >= 0.6 is 12.4 Å². The first-order chi connectivity index (χ1) is 8.93. The van der Waals surface area contributed by atoms with Gasteiger partial charge in [-0.2, -0.15) is 0 Å². The Kier molecular flexibility index (Phi) is 7.87. The second-order valence-electron chi connectivity index (χ2n) is 4.64. The van der Waals surface area contributed by atoms with Crippen molar-refractivity contribution in [2.45, 2.75) is 32.4 Å². The maximum Gasteiger partial charge on any atom is 0.240 e. The standard InChI is InChI=1S/C14H21N3O2.ClH/c1-3-10-4-6-11(7-5-10)9-17(2)14(19)12(15)8-13(16)18;/h4-7,12H,3,8-9,15H2,1-2H3,(H2,16,18);1H. The first-order valence-electron chi connectivity index (χ1n) is 6.30. The van der Waals surface area contributed by atoms with Crippen molar-refractivity contribution in [1.29, 1.82) is 0 Å².